The number of carboxylic acid groups (broad SMARTS) is 1. The highest BCUT2D eigenvalue weighted by atomic mass is 19.4. The first-order valence-electron chi connectivity index (χ1n) is 7.87. The average Bonchev–Trinajstić information content (AvgIpc) is 2.58. The molecule has 0 spiro atoms. The van der Waals surface area contributed by atoms with Gasteiger partial charge in [-0.3, -0.25) is 0 Å². The van der Waals surface area contributed by atoms with Gasteiger partial charge in [0.25, 0.3) is 0 Å². The largest absolute Gasteiger partial charge is 0.465 e. The number of anilines is 2. The van der Waals surface area contributed by atoms with Crippen molar-refractivity contribution < 1.29 is 23.1 Å². The zero-order valence-corrected chi connectivity index (χ0v) is 13.3. The Bertz CT molecular complexity index is 760. The van der Waals surface area contributed by atoms with E-state index in [1.807, 2.05) is 29.2 Å². The van der Waals surface area contributed by atoms with Gasteiger partial charge in [-0.15, -0.1) is 0 Å². The van der Waals surface area contributed by atoms with Crippen LogP contribution in [-0.4, -0.2) is 23.8 Å². The fraction of sp³-hybridized carbons (Fsp3) is 0.278. The molecule has 3 rings (SSSR count). The van der Waals surface area contributed by atoms with Crippen LogP contribution in [-0.2, 0) is 12.6 Å². The zero-order valence-electron chi connectivity index (χ0n) is 13.3. The molecule has 1 atom stereocenters. The van der Waals surface area contributed by atoms with Crippen LogP contribution in [0.5, 0.6) is 0 Å². The fourth-order valence-electron chi connectivity index (χ4n) is 3.16. The van der Waals surface area contributed by atoms with Crippen LogP contribution < -0.4 is 10.2 Å². The molecule has 0 saturated carbocycles. The van der Waals surface area contributed by atoms with Crippen molar-refractivity contribution in [2.75, 3.05) is 11.4 Å². The highest BCUT2D eigenvalue weighted by Gasteiger charge is 2.32. The molecule has 0 bridgehead atoms. The Kier molecular flexibility index (Phi) is 4.57. The Morgan fingerprint density at radius 3 is 2.48 bits per heavy atom. The van der Waals surface area contributed by atoms with Crippen LogP contribution in [0.3, 0.4) is 0 Å². The maximum Gasteiger partial charge on any atom is 0.416 e. The van der Waals surface area contributed by atoms with E-state index >= 15 is 0 Å². The quantitative estimate of drug-likeness (QED) is 0.861. The number of aryl methyl sites for hydroxylation is 1. The van der Waals surface area contributed by atoms with Crippen LogP contribution in [0.25, 0.3) is 0 Å². The van der Waals surface area contributed by atoms with Gasteiger partial charge in [0.05, 0.1) is 11.6 Å². The summed E-state index contributed by atoms with van der Waals surface area (Å²) >= 11 is 0. The standard InChI is InChI=1S/C18H17F3N2O2/c19-18(20,21)13-6-9-14(10-7-13)23-15(11-22-17(24)25)8-5-12-3-1-2-4-16(12)23/h1-4,6-7,9-10,15,22H,5,8,11H2,(H,24,25). The monoisotopic (exact) mass is 350 g/mol. The zero-order chi connectivity index (χ0) is 18.0. The fourth-order valence-corrected chi connectivity index (χ4v) is 3.16. The maximum absolute atomic E-state index is 12.8. The molecule has 1 aliphatic heterocycles. The summed E-state index contributed by atoms with van der Waals surface area (Å²) in [5.74, 6) is 0. The minimum Gasteiger partial charge on any atom is -0.465 e. The summed E-state index contributed by atoms with van der Waals surface area (Å²) in [6, 6.07) is 12.5. The number of halogens is 3. The third-order valence-corrected chi connectivity index (χ3v) is 4.32. The number of hydrogen-bond acceptors (Lipinski definition) is 2. The predicted molar refractivity (Wildman–Crippen MR) is 88.2 cm³/mol. The Labute approximate surface area is 142 Å². The highest BCUT2D eigenvalue weighted by molar-refractivity contribution is 5.70. The minimum atomic E-state index is -4.39. The SMILES string of the molecule is O=C(O)NCC1CCc2ccccc2N1c1ccc(C(F)(F)F)cc1. The van der Waals surface area contributed by atoms with E-state index < -0.39 is 17.8 Å². The first-order chi connectivity index (χ1) is 11.9. The van der Waals surface area contributed by atoms with Gasteiger partial charge in [-0.25, -0.2) is 4.79 Å². The lowest BCUT2D eigenvalue weighted by molar-refractivity contribution is -0.137. The molecule has 0 radical (unpaired) electrons. The molecule has 7 heteroatoms. The van der Waals surface area contributed by atoms with Crippen molar-refractivity contribution in [1.29, 1.82) is 0 Å². The summed E-state index contributed by atoms with van der Waals surface area (Å²) in [5.41, 5.74) is 1.89. The number of rotatable bonds is 3. The number of nitrogens with zero attached hydrogens (tertiary/aromatic N) is 1. The summed E-state index contributed by atoms with van der Waals surface area (Å²) < 4.78 is 38.4. The molecule has 1 unspecified atom stereocenters. The molecule has 2 aromatic carbocycles. The topological polar surface area (TPSA) is 52.6 Å². The number of nitrogens with one attached hydrogen (secondary N) is 1. The molecule has 0 aromatic heterocycles. The molecule has 0 aliphatic carbocycles. The van der Waals surface area contributed by atoms with Crippen LogP contribution in [0.1, 0.15) is 17.5 Å². The molecule has 1 heterocycles. The average molecular weight is 350 g/mol. The normalized spacial score (nSPS) is 17.1. The van der Waals surface area contributed by atoms with Crippen LogP contribution in [0.15, 0.2) is 48.5 Å². The summed E-state index contributed by atoms with van der Waals surface area (Å²) in [6.45, 7) is 0.199. The molecule has 2 N–H and O–H groups in total. The second-order valence-corrected chi connectivity index (χ2v) is 5.92. The molecule has 1 amide bonds. The lowest BCUT2D eigenvalue weighted by atomic mass is 9.94. The van der Waals surface area contributed by atoms with Gasteiger partial charge in [-0.05, 0) is 48.7 Å². The van der Waals surface area contributed by atoms with Gasteiger partial charge in [-0.1, -0.05) is 18.2 Å². The van der Waals surface area contributed by atoms with E-state index in [1.165, 1.54) is 12.1 Å². The van der Waals surface area contributed by atoms with E-state index in [4.69, 9.17) is 5.11 Å². The molecule has 2 aromatic rings. The lowest BCUT2D eigenvalue weighted by Crippen LogP contribution is -2.44. The van der Waals surface area contributed by atoms with E-state index in [1.54, 1.807) is 0 Å². The number of fused-ring (bicyclic) bond motifs is 1. The molecule has 132 valence electrons. The van der Waals surface area contributed by atoms with Gasteiger partial charge in [0.15, 0.2) is 0 Å². The Hall–Kier alpha value is -2.70. The number of alkyl halides is 3. The van der Waals surface area contributed by atoms with Crippen molar-refractivity contribution in [3.63, 3.8) is 0 Å². The molecule has 4 nitrogen and oxygen atoms in total. The Balaban J connectivity index is 1.97. The van der Waals surface area contributed by atoms with Crippen molar-refractivity contribution >= 4 is 17.5 Å². The third kappa shape index (κ3) is 3.70. The van der Waals surface area contributed by atoms with E-state index in [0.717, 1.165) is 29.8 Å². The number of para-hydroxylation sites is 1. The van der Waals surface area contributed by atoms with Gasteiger partial charge >= 0.3 is 12.3 Å². The summed E-state index contributed by atoms with van der Waals surface area (Å²) in [4.78, 5) is 12.7. The van der Waals surface area contributed by atoms with Crippen molar-refractivity contribution in [1.82, 2.24) is 5.32 Å². The van der Waals surface area contributed by atoms with Crippen molar-refractivity contribution in [2.45, 2.75) is 25.1 Å². The summed E-state index contributed by atoms with van der Waals surface area (Å²) in [7, 11) is 0. The molecule has 0 fully saturated rings. The smallest absolute Gasteiger partial charge is 0.416 e. The van der Waals surface area contributed by atoms with Crippen LogP contribution >= 0.6 is 0 Å². The molecule has 1 aliphatic rings. The van der Waals surface area contributed by atoms with Crippen LogP contribution in [0, 0.1) is 0 Å². The first-order valence-corrected chi connectivity index (χ1v) is 7.87. The van der Waals surface area contributed by atoms with E-state index in [9.17, 15) is 18.0 Å². The molecular weight excluding hydrogens is 333 g/mol. The van der Waals surface area contributed by atoms with Crippen molar-refractivity contribution in [2.24, 2.45) is 0 Å². The van der Waals surface area contributed by atoms with Crippen molar-refractivity contribution in [3.05, 3.63) is 59.7 Å². The van der Waals surface area contributed by atoms with Gasteiger partial charge in [0.1, 0.15) is 0 Å². The third-order valence-electron chi connectivity index (χ3n) is 4.32. The summed E-state index contributed by atoms with van der Waals surface area (Å²) in [6.07, 6.45) is -4.01. The molecule has 25 heavy (non-hydrogen) atoms. The molecular formula is C18H17F3N2O2. The van der Waals surface area contributed by atoms with Gasteiger partial charge in [0.2, 0.25) is 0 Å². The van der Waals surface area contributed by atoms with E-state index in [0.29, 0.717) is 12.1 Å². The number of hydrogen-bond donors (Lipinski definition) is 2. The second-order valence-electron chi connectivity index (χ2n) is 5.92. The number of benzene rings is 2. The van der Waals surface area contributed by atoms with Gasteiger partial charge < -0.3 is 15.3 Å². The van der Waals surface area contributed by atoms with Crippen LogP contribution in [0.4, 0.5) is 29.3 Å². The van der Waals surface area contributed by atoms with Gasteiger partial charge in [0, 0.05) is 17.9 Å². The van der Waals surface area contributed by atoms with Crippen LogP contribution in [0.2, 0.25) is 0 Å². The van der Waals surface area contributed by atoms with E-state index in [-0.39, 0.29) is 12.6 Å². The maximum atomic E-state index is 12.8. The Morgan fingerprint density at radius 1 is 1.16 bits per heavy atom. The predicted octanol–water partition coefficient (Wildman–Crippen LogP) is 4.43. The second kappa shape index (κ2) is 6.66. The highest BCUT2D eigenvalue weighted by Crippen LogP contribution is 2.38. The molecule has 0 saturated heterocycles. The summed E-state index contributed by atoms with van der Waals surface area (Å²) in [5, 5.41) is 11.2. The number of amides is 1. The lowest BCUT2D eigenvalue weighted by Gasteiger charge is -2.39. The van der Waals surface area contributed by atoms with Gasteiger partial charge in [-0.2, -0.15) is 13.2 Å². The first kappa shape index (κ1) is 17.1. The number of carbonyl (C=O) groups is 1. The minimum absolute atomic E-state index is 0.164. The van der Waals surface area contributed by atoms with Crippen molar-refractivity contribution in [3.8, 4) is 0 Å². The van der Waals surface area contributed by atoms with E-state index in [2.05, 4.69) is 5.32 Å². The Morgan fingerprint density at radius 2 is 1.84 bits per heavy atom.